The maximum Gasteiger partial charge on any atom is 0.0784 e. The van der Waals surface area contributed by atoms with Crippen LogP contribution in [0.2, 0.25) is 0 Å². The molecule has 1 rings (SSSR count). The molecule has 1 aliphatic rings. The van der Waals surface area contributed by atoms with Gasteiger partial charge in [0.2, 0.25) is 0 Å². The Balaban J connectivity index is 2.36. The Morgan fingerprint density at radius 2 is 2.12 bits per heavy atom. The minimum Gasteiger partial charge on any atom is -0.382 e. The van der Waals surface area contributed by atoms with Crippen molar-refractivity contribution in [3.8, 4) is 0 Å². The largest absolute Gasteiger partial charge is 0.382 e. The van der Waals surface area contributed by atoms with Gasteiger partial charge in [-0.05, 0) is 32.1 Å². The standard InChI is InChI=1S/C13H27NO2/c1-4-5-11-6-7-12(14)13(8-11)16-10(2)9-15-3/h10-13H,4-9,14H2,1-3H3. The lowest BCUT2D eigenvalue weighted by Gasteiger charge is -2.35. The highest BCUT2D eigenvalue weighted by molar-refractivity contribution is 4.83. The summed E-state index contributed by atoms with van der Waals surface area (Å²) in [7, 11) is 1.71. The molecule has 0 aliphatic heterocycles. The van der Waals surface area contributed by atoms with Crippen LogP contribution in [-0.2, 0) is 9.47 Å². The van der Waals surface area contributed by atoms with Gasteiger partial charge in [0.25, 0.3) is 0 Å². The number of rotatable bonds is 6. The molecule has 0 bridgehead atoms. The monoisotopic (exact) mass is 229 g/mol. The maximum atomic E-state index is 6.12. The summed E-state index contributed by atoms with van der Waals surface area (Å²) in [6, 6.07) is 0.215. The molecule has 0 radical (unpaired) electrons. The minimum absolute atomic E-state index is 0.154. The van der Waals surface area contributed by atoms with E-state index in [0.717, 1.165) is 18.8 Å². The molecule has 0 aromatic carbocycles. The van der Waals surface area contributed by atoms with E-state index in [-0.39, 0.29) is 18.2 Å². The Kier molecular flexibility index (Phi) is 6.32. The zero-order valence-electron chi connectivity index (χ0n) is 10.9. The third kappa shape index (κ3) is 4.40. The summed E-state index contributed by atoms with van der Waals surface area (Å²) in [5, 5.41) is 0. The summed E-state index contributed by atoms with van der Waals surface area (Å²) in [4.78, 5) is 0. The van der Waals surface area contributed by atoms with Crippen molar-refractivity contribution in [2.75, 3.05) is 13.7 Å². The molecule has 0 aromatic heterocycles. The molecule has 0 spiro atoms. The summed E-state index contributed by atoms with van der Waals surface area (Å²) in [5.74, 6) is 0.810. The first-order valence-corrected chi connectivity index (χ1v) is 6.57. The zero-order valence-corrected chi connectivity index (χ0v) is 10.9. The van der Waals surface area contributed by atoms with Crippen LogP contribution in [0, 0.1) is 5.92 Å². The van der Waals surface area contributed by atoms with Gasteiger partial charge >= 0.3 is 0 Å². The van der Waals surface area contributed by atoms with Gasteiger partial charge in [0.15, 0.2) is 0 Å². The van der Waals surface area contributed by atoms with E-state index in [9.17, 15) is 0 Å². The van der Waals surface area contributed by atoms with E-state index in [4.69, 9.17) is 15.2 Å². The van der Waals surface area contributed by atoms with E-state index in [2.05, 4.69) is 13.8 Å². The van der Waals surface area contributed by atoms with Gasteiger partial charge in [-0.25, -0.2) is 0 Å². The molecule has 1 fully saturated rings. The highest BCUT2D eigenvalue weighted by atomic mass is 16.5. The topological polar surface area (TPSA) is 44.5 Å². The summed E-state index contributed by atoms with van der Waals surface area (Å²) in [6.07, 6.45) is 6.47. The average molecular weight is 229 g/mol. The maximum absolute atomic E-state index is 6.12. The molecule has 1 saturated carbocycles. The van der Waals surface area contributed by atoms with Crippen molar-refractivity contribution in [1.82, 2.24) is 0 Å². The van der Waals surface area contributed by atoms with Crippen LogP contribution in [0.3, 0.4) is 0 Å². The Morgan fingerprint density at radius 3 is 2.75 bits per heavy atom. The van der Waals surface area contributed by atoms with E-state index in [0.29, 0.717) is 6.61 Å². The Labute approximate surface area is 99.7 Å². The predicted molar refractivity (Wildman–Crippen MR) is 66.4 cm³/mol. The number of methoxy groups -OCH3 is 1. The molecule has 4 unspecified atom stereocenters. The Morgan fingerprint density at radius 1 is 1.38 bits per heavy atom. The second-order valence-corrected chi connectivity index (χ2v) is 5.07. The van der Waals surface area contributed by atoms with E-state index < -0.39 is 0 Å². The van der Waals surface area contributed by atoms with Crippen molar-refractivity contribution in [1.29, 1.82) is 0 Å². The van der Waals surface area contributed by atoms with Crippen molar-refractivity contribution in [2.24, 2.45) is 11.7 Å². The number of nitrogens with two attached hydrogens (primary N) is 1. The van der Waals surface area contributed by atoms with E-state index in [1.165, 1.54) is 19.3 Å². The lowest BCUT2D eigenvalue weighted by molar-refractivity contribution is -0.0685. The van der Waals surface area contributed by atoms with Crippen LogP contribution in [0.25, 0.3) is 0 Å². The fourth-order valence-electron chi connectivity index (χ4n) is 2.63. The van der Waals surface area contributed by atoms with Gasteiger partial charge in [0.1, 0.15) is 0 Å². The van der Waals surface area contributed by atoms with Gasteiger partial charge in [-0.3, -0.25) is 0 Å². The zero-order chi connectivity index (χ0) is 12.0. The lowest BCUT2D eigenvalue weighted by atomic mass is 9.82. The molecular formula is C13H27NO2. The fraction of sp³-hybridized carbons (Fsp3) is 1.00. The van der Waals surface area contributed by atoms with Crippen LogP contribution >= 0.6 is 0 Å². The lowest BCUT2D eigenvalue weighted by Crippen LogP contribution is -2.44. The smallest absolute Gasteiger partial charge is 0.0784 e. The Bertz CT molecular complexity index is 185. The molecule has 3 nitrogen and oxygen atoms in total. The van der Waals surface area contributed by atoms with Gasteiger partial charge in [0.05, 0.1) is 18.8 Å². The molecule has 2 N–H and O–H groups in total. The van der Waals surface area contributed by atoms with Crippen LogP contribution in [0.1, 0.15) is 46.0 Å². The molecule has 0 aromatic rings. The van der Waals surface area contributed by atoms with Crippen LogP contribution < -0.4 is 5.73 Å². The first kappa shape index (κ1) is 13.9. The SMILES string of the molecule is CCCC1CCC(N)C(OC(C)COC)C1. The van der Waals surface area contributed by atoms with Crippen molar-refractivity contribution >= 4 is 0 Å². The summed E-state index contributed by atoms with van der Waals surface area (Å²) >= 11 is 0. The van der Waals surface area contributed by atoms with Crippen molar-refractivity contribution in [2.45, 2.75) is 64.2 Å². The van der Waals surface area contributed by atoms with Crippen molar-refractivity contribution in [3.63, 3.8) is 0 Å². The van der Waals surface area contributed by atoms with Crippen molar-refractivity contribution < 1.29 is 9.47 Å². The van der Waals surface area contributed by atoms with Gasteiger partial charge in [-0.2, -0.15) is 0 Å². The van der Waals surface area contributed by atoms with Crippen molar-refractivity contribution in [3.05, 3.63) is 0 Å². The van der Waals surface area contributed by atoms with Gasteiger partial charge < -0.3 is 15.2 Å². The minimum atomic E-state index is 0.154. The van der Waals surface area contributed by atoms with Gasteiger partial charge in [-0.1, -0.05) is 19.8 Å². The summed E-state index contributed by atoms with van der Waals surface area (Å²) < 4.78 is 11.1. The van der Waals surface area contributed by atoms with Gasteiger partial charge in [0, 0.05) is 13.2 Å². The quantitative estimate of drug-likeness (QED) is 0.760. The second-order valence-electron chi connectivity index (χ2n) is 5.07. The molecule has 0 heterocycles. The van der Waals surface area contributed by atoms with E-state index in [1.54, 1.807) is 7.11 Å². The average Bonchev–Trinajstić information content (AvgIpc) is 2.24. The number of hydrogen-bond donors (Lipinski definition) is 1. The molecule has 96 valence electrons. The van der Waals surface area contributed by atoms with Crippen LogP contribution in [0.5, 0.6) is 0 Å². The summed E-state index contributed by atoms with van der Waals surface area (Å²) in [6.45, 7) is 4.96. The van der Waals surface area contributed by atoms with Crippen LogP contribution in [0.4, 0.5) is 0 Å². The normalized spacial score (nSPS) is 32.6. The molecular weight excluding hydrogens is 202 g/mol. The van der Waals surface area contributed by atoms with E-state index in [1.807, 2.05) is 0 Å². The fourth-order valence-corrected chi connectivity index (χ4v) is 2.63. The third-order valence-electron chi connectivity index (χ3n) is 3.46. The first-order chi connectivity index (χ1) is 7.67. The molecule has 16 heavy (non-hydrogen) atoms. The second kappa shape index (κ2) is 7.25. The predicted octanol–water partition coefficient (Wildman–Crippen LogP) is 2.33. The van der Waals surface area contributed by atoms with Gasteiger partial charge in [-0.15, -0.1) is 0 Å². The highest BCUT2D eigenvalue weighted by Crippen LogP contribution is 2.29. The van der Waals surface area contributed by atoms with Crippen LogP contribution in [0.15, 0.2) is 0 Å². The molecule has 0 amide bonds. The Hall–Kier alpha value is -0.120. The summed E-state index contributed by atoms with van der Waals surface area (Å²) in [5.41, 5.74) is 6.12. The highest BCUT2D eigenvalue weighted by Gasteiger charge is 2.29. The van der Waals surface area contributed by atoms with E-state index >= 15 is 0 Å². The first-order valence-electron chi connectivity index (χ1n) is 6.57. The van der Waals surface area contributed by atoms with Crippen LogP contribution in [-0.4, -0.2) is 32.0 Å². The molecule has 3 heteroatoms. The molecule has 1 aliphatic carbocycles. The number of ether oxygens (including phenoxy) is 2. The third-order valence-corrected chi connectivity index (χ3v) is 3.46. The molecule has 0 saturated heterocycles. The molecule has 4 atom stereocenters. The number of hydrogen-bond acceptors (Lipinski definition) is 3.